The fourth-order valence-corrected chi connectivity index (χ4v) is 10.8. The molecule has 13 rings (SSSR count). The van der Waals surface area contributed by atoms with Gasteiger partial charge in [0.2, 0.25) is 0 Å². The summed E-state index contributed by atoms with van der Waals surface area (Å²) in [6.45, 7) is 4.66. The van der Waals surface area contributed by atoms with Gasteiger partial charge in [-0.1, -0.05) is 135 Å². The Bertz CT molecular complexity index is 3370. The first-order valence-corrected chi connectivity index (χ1v) is 22.2. The summed E-state index contributed by atoms with van der Waals surface area (Å²) in [7, 11) is 0. The van der Waals surface area contributed by atoms with Crippen molar-refractivity contribution < 1.29 is 0 Å². The summed E-state index contributed by atoms with van der Waals surface area (Å²) in [6.07, 6.45) is 2.39. The second-order valence-electron chi connectivity index (χ2n) is 17.9. The minimum Gasteiger partial charge on any atom is -0.309 e. The molecule has 0 bridgehead atoms. The van der Waals surface area contributed by atoms with Gasteiger partial charge in [0.1, 0.15) is 0 Å². The Labute approximate surface area is 362 Å². The molecule has 0 saturated carbocycles. The minimum absolute atomic E-state index is 0.654. The lowest BCUT2D eigenvalue weighted by Gasteiger charge is -2.27. The fourth-order valence-electron chi connectivity index (χ4n) is 10.8. The molecule has 62 heavy (non-hydrogen) atoms. The van der Waals surface area contributed by atoms with Gasteiger partial charge >= 0.3 is 0 Å². The zero-order chi connectivity index (χ0) is 41.1. The molecule has 9 aromatic carbocycles. The van der Waals surface area contributed by atoms with Crippen molar-refractivity contribution >= 4 is 43.6 Å². The first kappa shape index (κ1) is 35.3. The number of nitrogens with zero attached hydrogens (tertiary/aromatic N) is 2. The van der Waals surface area contributed by atoms with Gasteiger partial charge in [0.05, 0.1) is 22.1 Å². The Hall–Kier alpha value is -7.42. The molecule has 2 nitrogen and oxygen atoms in total. The van der Waals surface area contributed by atoms with Crippen LogP contribution in [0, 0.1) is 0 Å². The van der Waals surface area contributed by atoms with Crippen LogP contribution in [0.4, 0.5) is 0 Å². The zero-order valence-electron chi connectivity index (χ0n) is 34.9. The van der Waals surface area contributed by atoms with Crippen molar-refractivity contribution in [3.63, 3.8) is 0 Å². The van der Waals surface area contributed by atoms with Crippen LogP contribution in [0.2, 0.25) is 0 Å². The molecule has 0 radical (unpaired) electrons. The molecule has 0 fully saturated rings. The molecule has 0 spiro atoms. The lowest BCUT2D eigenvalue weighted by Crippen LogP contribution is -2.13. The average molecular weight is 793 g/mol. The summed E-state index contributed by atoms with van der Waals surface area (Å²) < 4.78 is 4.84. The van der Waals surface area contributed by atoms with Crippen molar-refractivity contribution in [1.82, 2.24) is 9.13 Å². The van der Waals surface area contributed by atoms with E-state index in [0.29, 0.717) is 11.8 Å². The topological polar surface area (TPSA) is 9.86 Å². The summed E-state index contributed by atoms with van der Waals surface area (Å²) in [4.78, 5) is 0. The zero-order valence-corrected chi connectivity index (χ0v) is 34.9. The van der Waals surface area contributed by atoms with Gasteiger partial charge in [-0.3, -0.25) is 0 Å². The standard InChI is InChI=1S/C60H44N2/c1-37-29-47-19-17-43(33-53(37)47)39-9-7-11-41(31-39)45-21-27-59-55(35-45)51-13-3-5-15-57(51)61(59)49-23-25-50(26-24-49)62-58-16-6-4-14-52(58)56-36-46(22-28-60(56)62)42-12-8-10-40(32-42)44-18-20-48-30-38(2)54(48)34-44/h3-28,31-38H,29-30H2,1-2H3. The van der Waals surface area contributed by atoms with Crippen molar-refractivity contribution in [2.24, 2.45) is 0 Å². The fraction of sp³-hybridized carbons (Fsp3) is 0.100. The molecule has 294 valence electrons. The van der Waals surface area contributed by atoms with E-state index in [0.717, 1.165) is 11.4 Å². The SMILES string of the molecule is CC1Cc2ccc(-c3cccc(-c4ccc5c(c4)c4ccccc4n5-c4ccc(-n5c6ccccc6c6cc(-c7cccc(-c8ccc9c(c8)C(C)C9)c7)ccc65)cc4)c3)cc21. The molecule has 11 aromatic rings. The van der Waals surface area contributed by atoms with Crippen LogP contribution in [0.1, 0.15) is 47.9 Å². The van der Waals surface area contributed by atoms with E-state index in [-0.39, 0.29) is 0 Å². The Morgan fingerprint density at radius 3 is 1.08 bits per heavy atom. The summed E-state index contributed by atoms with van der Waals surface area (Å²) in [5.74, 6) is 1.31. The van der Waals surface area contributed by atoms with Crippen molar-refractivity contribution in [3.05, 3.63) is 216 Å². The summed E-state index contributed by atoms with van der Waals surface area (Å²) in [5.41, 5.74) is 23.2. The maximum Gasteiger partial charge on any atom is 0.0541 e. The third-order valence-electron chi connectivity index (χ3n) is 14.2. The summed E-state index contributed by atoms with van der Waals surface area (Å²) in [5, 5.41) is 5.04. The third-order valence-corrected chi connectivity index (χ3v) is 14.2. The lowest BCUT2D eigenvalue weighted by molar-refractivity contribution is 0.668. The molecule has 2 heterocycles. The van der Waals surface area contributed by atoms with Gasteiger partial charge in [-0.15, -0.1) is 0 Å². The molecule has 2 aliphatic carbocycles. The molecule has 2 heteroatoms. The van der Waals surface area contributed by atoms with Crippen LogP contribution in [0.3, 0.4) is 0 Å². The summed E-state index contributed by atoms with van der Waals surface area (Å²) >= 11 is 0. The molecule has 0 saturated heterocycles. The number of hydrogen-bond acceptors (Lipinski definition) is 0. The van der Waals surface area contributed by atoms with E-state index in [1.165, 1.54) is 123 Å². The van der Waals surface area contributed by atoms with Crippen LogP contribution in [-0.2, 0) is 12.8 Å². The van der Waals surface area contributed by atoms with Gasteiger partial charge < -0.3 is 9.13 Å². The van der Waals surface area contributed by atoms with Crippen LogP contribution in [0.5, 0.6) is 0 Å². The molecule has 0 N–H and O–H groups in total. The van der Waals surface area contributed by atoms with Gasteiger partial charge in [0.15, 0.2) is 0 Å². The number of aromatic nitrogens is 2. The minimum atomic E-state index is 0.654. The maximum absolute atomic E-state index is 2.42. The Kier molecular flexibility index (Phi) is 7.72. The molecule has 0 amide bonds. The molecule has 2 aromatic heterocycles. The van der Waals surface area contributed by atoms with E-state index >= 15 is 0 Å². The number of rotatable bonds is 6. The van der Waals surface area contributed by atoms with Crippen LogP contribution < -0.4 is 0 Å². The Balaban J connectivity index is 0.864. The highest BCUT2D eigenvalue weighted by molar-refractivity contribution is 6.12. The van der Waals surface area contributed by atoms with E-state index in [2.05, 4.69) is 217 Å². The van der Waals surface area contributed by atoms with E-state index in [9.17, 15) is 0 Å². The van der Waals surface area contributed by atoms with E-state index in [1.54, 1.807) is 0 Å². The van der Waals surface area contributed by atoms with Crippen LogP contribution in [0.15, 0.2) is 194 Å². The van der Waals surface area contributed by atoms with E-state index in [1.807, 2.05) is 0 Å². The van der Waals surface area contributed by atoms with Gasteiger partial charge in [-0.2, -0.15) is 0 Å². The van der Waals surface area contributed by atoms with E-state index in [4.69, 9.17) is 0 Å². The van der Waals surface area contributed by atoms with Gasteiger partial charge in [0.25, 0.3) is 0 Å². The van der Waals surface area contributed by atoms with Gasteiger partial charge in [-0.25, -0.2) is 0 Å². The molecule has 2 unspecified atom stereocenters. The number of para-hydroxylation sites is 2. The average Bonchev–Trinajstić information content (AvgIpc) is 3.83. The first-order valence-electron chi connectivity index (χ1n) is 22.2. The van der Waals surface area contributed by atoms with Crippen LogP contribution in [0.25, 0.3) is 99.5 Å². The third kappa shape index (κ3) is 5.43. The molecule has 2 aliphatic rings. The normalized spacial score (nSPS) is 15.5. The van der Waals surface area contributed by atoms with Crippen molar-refractivity contribution in [1.29, 1.82) is 0 Å². The quantitative estimate of drug-likeness (QED) is 0.159. The predicted octanol–water partition coefficient (Wildman–Crippen LogP) is 15.9. The number of benzene rings is 9. The smallest absolute Gasteiger partial charge is 0.0541 e. The lowest BCUT2D eigenvalue weighted by atomic mass is 9.77. The van der Waals surface area contributed by atoms with Crippen molar-refractivity contribution in [2.45, 2.75) is 38.5 Å². The van der Waals surface area contributed by atoms with Crippen LogP contribution in [-0.4, -0.2) is 9.13 Å². The monoisotopic (exact) mass is 792 g/mol. The van der Waals surface area contributed by atoms with E-state index < -0.39 is 0 Å². The van der Waals surface area contributed by atoms with Gasteiger partial charge in [-0.05, 0) is 164 Å². The van der Waals surface area contributed by atoms with Crippen LogP contribution >= 0.6 is 0 Å². The predicted molar refractivity (Wildman–Crippen MR) is 261 cm³/mol. The Morgan fingerprint density at radius 2 is 0.661 bits per heavy atom. The molecule has 0 aliphatic heterocycles. The van der Waals surface area contributed by atoms with Crippen molar-refractivity contribution in [3.8, 4) is 55.9 Å². The number of fused-ring (bicyclic) bond motifs is 8. The highest BCUT2D eigenvalue weighted by Crippen LogP contribution is 2.42. The van der Waals surface area contributed by atoms with Gasteiger partial charge in [0, 0.05) is 32.9 Å². The summed E-state index contributed by atoms with van der Waals surface area (Å²) in [6, 6.07) is 72.9. The van der Waals surface area contributed by atoms with Crippen molar-refractivity contribution in [2.75, 3.05) is 0 Å². The highest BCUT2D eigenvalue weighted by atomic mass is 15.0. The highest BCUT2D eigenvalue weighted by Gasteiger charge is 2.23. The largest absolute Gasteiger partial charge is 0.309 e. The second kappa shape index (κ2) is 13.5. The maximum atomic E-state index is 2.42. The molecular weight excluding hydrogens is 749 g/mol. The second-order valence-corrected chi connectivity index (χ2v) is 17.9. The number of hydrogen-bond donors (Lipinski definition) is 0. The molecular formula is C60H44N2. The first-order chi connectivity index (χ1) is 30.5. The molecule has 2 atom stereocenters. The Morgan fingerprint density at radius 1 is 0.306 bits per heavy atom.